The van der Waals surface area contributed by atoms with Crippen LogP contribution in [0, 0.1) is 0 Å². The van der Waals surface area contributed by atoms with E-state index in [1.54, 1.807) is 0 Å². The lowest BCUT2D eigenvalue weighted by atomic mass is 9.89. The molecule has 0 heterocycles. The fraction of sp³-hybridized carbons (Fsp3) is 0.400. The van der Waals surface area contributed by atoms with Gasteiger partial charge in [0.1, 0.15) is 6.10 Å². The SMILES string of the molecule is C=CC(=O)OC(C)c1ccccc1C(C)(C)N.O=S(=O)(O)C(F)(F)F. The quantitative estimate of drug-likeness (QED) is 0.358. The second kappa shape index (κ2) is 8.45. The van der Waals surface area contributed by atoms with Gasteiger partial charge < -0.3 is 10.5 Å². The molecule has 6 nitrogen and oxygen atoms in total. The number of hydrogen-bond acceptors (Lipinski definition) is 5. The van der Waals surface area contributed by atoms with Gasteiger partial charge in [-0.1, -0.05) is 30.8 Å². The van der Waals surface area contributed by atoms with Crippen molar-refractivity contribution in [1.82, 2.24) is 0 Å². The second-order valence-corrected chi connectivity index (χ2v) is 6.93. The Morgan fingerprint density at radius 3 is 2.12 bits per heavy atom. The molecule has 1 aromatic rings. The van der Waals surface area contributed by atoms with Crippen LogP contribution in [0.4, 0.5) is 13.2 Å². The molecule has 0 radical (unpaired) electrons. The summed E-state index contributed by atoms with van der Waals surface area (Å²) in [6.45, 7) is 9.05. The zero-order chi connectivity index (χ0) is 20.1. The molecular formula is C15H20F3NO5S. The number of esters is 1. The number of benzene rings is 1. The van der Waals surface area contributed by atoms with E-state index in [1.165, 1.54) is 0 Å². The van der Waals surface area contributed by atoms with Gasteiger partial charge in [-0.05, 0) is 31.9 Å². The number of nitrogens with two attached hydrogens (primary N) is 1. The van der Waals surface area contributed by atoms with Crippen molar-refractivity contribution in [1.29, 1.82) is 0 Å². The van der Waals surface area contributed by atoms with E-state index in [2.05, 4.69) is 6.58 Å². The largest absolute Gasteiger partial charge is 0.522 e. The van der Waals surface area contributed by atoms with Crippen molar-refractivity contribution < 1.29 is 35.7 Å². The molecule has 0 bridgehead atoms. The third kappa shape index (κ3) is 7.67. The highest BCUT2D eigenvalue weighted by Gasteiger charge is 2.44. The van der Waals surface area contributed by atoms with Crippen molar-refractivity contribution >= 4 is 16.1 Å². The molecule has 0 amide bonds. The standard InChI is InChI=1S/C14H19NO2.CHF3O3S/c1-5-13(16)17-10(2)11-8-6-7-9-12(11)14(3,4)15;2-1(3,4)8(5,6)7/h5-10H,1,15H2,2-4H3;(H,5,6,7). The number of carbonyl (C=O) groups is 1. The molecule has 1 aromatic carbocycles. The molecule has 25 heavy (non-hydrogen) atoms. The van der Waals surface area contributed by atoms with E-state index < -0.39 is 27.1 Å². The van der Waals surface area contributed by atoms with Crippen LogP contribution in [0.2, 0.25) is 0 Å². The molecule has 0 saturated heterocycles. The number of halogens is 3. The Hall–Kier alpha value is -1.91. The maximum absolute atomic E-state index is 11.2. The van der Waals surface area contributed by atoms with Crippen molar-refractivity contribution in [3.8, 4) is 0 Å². The number of alkyl halides is 3. The van der Waals surface area contributed by atoms with Crippen LogP contribution < -0.4 is 5.73 Å². The minimum Gasteiger partial charge on any atom is -0.455 e. The number of carbonyl (C=O) groups excluding carboxylic acids is 1. The number of ether oxygens (including phenoxy) is 1. The first-order valence-electron chi connectivity index (χ1n) is 6.86. The maximum atomic E-state index is 11.2. The van der Waals surface area contributed by atoms with Gasteiger partial charge in [0.05, 0.1) is 0 Å². The predicted octanol–water partition coefficient (Wildman–Crippen LogP) is 3.06. The van der Waals surface area contributed by atoms with Crippen molar-refractivity contribution in [2.75, 3.05) is 0 Å². The van der Waals surface area contributed by atoms with E-state index in [0.717, 1.165) is 17.2 Å². The monoisotopic (exact) mass is 383 g/mol. The van der Waals surface area contributed by atoms with Crippen molar-refractivity contribution in [3.63, 3.8) is 0 Å². The Morgan fingerprint density at radius 2 is 1.76 bits per heavy atom. The highest BCUT2D eigenvalue weighted by molar-refractivity contribution is 7.86. The van der Waals surface area contributed by atoms with E-state index in [1.807, 2.05) is 45.0 Å². The zero-order valence-corrected chi connectivity index (χ0v) is 14.7. The molecule has 3 N–H and O–H groups in total. The predicted molar refractivity (Wildman–Crippen MR) is 86.0 cm³/mol. The Balaban J connectivity index is 0.000000609. The van der Waals surface area contributed by atoms with Crippen molar-refractivity contribution in [2.45, 2.75) is 37.9 Å². The lowest BCUT2D eigenvalue weighted by Gasteiger charge is -2.25. The molecule has 0 saturated carbocycles. The first-order chi connectivity index (χ1) is 11.1. The van der Waals surface area contributed by atoms with Crippen LogP contribution in [0.15, 0.2) is 36.9 Å². The van der Waals surface area contributed by atoms with E-state index in [0.29, 0.717) is 0 Å². The summed E-state index contributed by atoms with van der Waals surface area (Å²) in [5.74, 6) is -0.429. The number of hydrogen-bond donors (Lipinski definition) is 2. The van der Waals surface area contributed by atoms with Crippen LogP contribution >= 0.6 is 0 Å². The number of rotatable bonds is 4. The van der Waals surface area contributed by atoms with Gasteiger partial charge in [-0.2, -0.15) is 21.6 Å². The highest BCUT2D eigenvalue weighted by Crippen LogP contribution is 2.28. The molecule has 0 aliphatic heterocycles. The molecule has 142 valence electrons. The van der Waals surface area contributed by atoms with Gasteiger partial charge in [-0.25, -0.2) is 4.79 Å². The lowest BCUT2D eigenvalue weighted by molar-refractivity contribution is -0.142. The van der Waals surface area contributed by atoms with Gasteiger partial charge in [0.2, 0.25) is 0 Å². The normalized spacial score (nSPS) is 13.3. The molecule has 0 aliphatic rings. The Morgan fingerprint density at radius 1 is 1.32 bits per heavy atom. The summed E-state index contributed by atoms with van der Waals surface area (Å²) in [7, 11) is -5.84. The van der Waals surface area contributed by atoms with Gasteiger partial charge in [0, 0.05) is 11.6 Å². The molecule has 0 fully saturated rings. The topological polar surface area (TPSA) is 107 Å². The Kier molecular flexibility index (Phi) is 7.81. The van der Waals surface area contributed by atoms with Crippen molar-refractivity contribution in [2.24, 2.45) is 5.73 Å². The molecule has 1 rings (SSSR count). The zero-order valence-electron chi connectivity index (χ0n) is 13.9. The minimum atomic E-state index is -5.84. The summed E-state index contributed by atoms with van der Waals surface area (Å²) in [6.07, 6.45) is 0.826. The molecule has 10 heteroatoms. The van der Waals surface area contributed by atoms with E-state index in [-0.39, 0.29) is 6.10 Å². The van der Waals surface area contributed by atoms with Gasteiger partial charge in [-0.15, -0.1) is 0 Å². The second-order valence-electron chi connectivity index (χ2n) is 5.51. The first-order valence-corrected chi connectivity index (χ1v) is 8.30. The van der Waals surface area contributed by atoms with Crippen LogP contribution in [-0.2, 0) is 25.2 Å². The summed E-state index contributed by atoms with van der Waals surface area (Å²) in [6, 6.07) is 7.71. The van der Waals surface area contributed by atoms with Gasteiger partial charge >= 0.3 is 21.6 Å². The smallest absolute Gasteiger partial charge is 0.455 e. The highest BCUT2D eigenvalue weighted by atomic mass is 32.2. The summed E-state index contributed by atoms with van der Waals surface area (Å²) >= 11 is 0. The molecule has 1 atom stereocenters. The van der Waals surface area contributed by atoms with Gasteiger partial charge in [0.25, 0.3) is 0 Å². The third-order valence-electron chi connectivity index (χ3n) is 2.85. The molecule has 0 aliphatic carbocycles. The van der Waals surface area contributed by atoms with Gasteiger partial charge in [0.15, 0.2) is 0 Å². The fourth-order valence-electron chi connectivity index (χ4n) is 1.72. The van der Waals surface area contributed by atoms with Crippen LogP contribution in [0.3, 0.4) is 0 Å². The van der Waals surface area contributed by atoms with Crippen LogP contribution in [-0.4, -0.2) is 24.4 Å². The summed E-state index contributed by atoms with van der Waals surface area (Å²) in [4.78, 5) is 11.2. The van der Waals surface area contributed by atoms with E-state index in [9.17, 15) is 18.0 Å². The van der Waals surface area contributed by atoms with Gasteiger partial charge in [-0.3, -0.25) is 4.55 Å². The summed E-state index contributed by atoms with van der Waals surface area (Å²) < 4.78 is 62.8. The van der Waals surface area contributed by atoms with Crippen molar-refractivity contribution in [3.05, 3.63) is 48.0 Å². The van der Waals surface area contributed by atoms with Crippen LogP contribution in [0.25, 0.3) is 0 Å². The molecular weight excluding hydrogens is 363 g/mol. The molecule has 1 unspecified atom stereocenters. The third-order valence-corrected chi connectivity index (χ3v) is 3.43. The lowest BCUT2D eigenvalue weighted by Crippen LogP contribution is -2.30. The van der Waals surface area contributed by atoms with E-state index in [4.69, 9.17) is 23.4 Å². The summed E-state index contributed by atoms with van der Waals surface area (Å²) in [5.41, 5.74) is 2.00. The minimum absolute atomic E-state index is 0.334. The average molecular weight is 383 g/mol. The Bertz CT molecular complexity index is 709. The molecule has 0 aromatic heterocycles. The summed E-state index contributed by atoms with van der Waals surface area (Å²) in [5, 5.41) is 0. The average Bonchev–Trinajstić information content (AvgIpc) is 2.44. The molecule has 0 spiro atoms. The van der Waals surface area contributed by atoms with Crippen LogP contribution in [0.1, 0.15) is 38.0 Å². The fourth-order valence-corrected chi connectivity index (χ4v) is 1.72. The Labute approximate surface area is 144 Å². The van der Waals surface area contributed by atoms with E-state index >= 15 is 0 Å². The maximum Gasteiger partial charge on any atom is 0.522 e. The van der Waals surface area contributed by atoms with Crippen LogP contribution in [0.5, 0.6) is 0 Å². The first kappa shape index (κ1) is 23.1.